The van der Waals surface area contributed by atoms with E-state index in [0.29, 0.717) is 11.8 Å². The van der Waals surface area contributed by atoms with Crippen LogP contribution in [-0.4, -0.2) is 94.2 Å². The second kappa shape index (κ2) is 27.7. The molecule has 20 atom stereocenters. The van der Waals surface area contributed by atoms with Gasteiger partial charge < -0.3 is 10.6 Å². The number of fused-ring (bicyclic) bond motifs is 9. The highest BCUT2D eigenvalue weighted by atomic mass is 15.3. The van der Waals surface area contributed by atoms with Crippen molar-refractivity contribution in [1.29, 1.82) is 5.26 Å². The van der Waals surface area contributed by atoms with Crippen molar-refractivity contribution in [2.75, 3.05) is 13.1 Å². The summed E-state index contributed by atoms with van der Waals surface area (Å²) in [5.41, 5.74) is 0. The van der Waals surface area contributed by atoms with E-state index in [9.17, 15) is 5.26 Å². The van der Waals surface area contributed by atoms with Gasteiger partial charge in [0.15, 0.2) is 0 Å². The van der Waals surface area contributed by atoms with Gasteiger partial charge in [-0.2, -0.15) is 5.26 Å². The summed E-state index contributed by atoms with van der Waals surface area (Å²) in [5, 5.41) is 21.8. The Balaban J connectivity index is 0.752. The largest absolute Gasteiger partial charge is 0.317 e. The molecule has 12 aliphatic carbocycles. The average molecular weight is 1220 g/mol. The molecule has 498 valence electrons. The van der Waals surface area contributed by atoms with Gasteiger partial charge >= 0.3 is 0 Å². The van der Waals surface area contributed by atoms with Gasteiger partial charge in [0.25, 0.3) is 0 Å². The summed E-state index contributed by atoms with van der Waals surface area (Å²) in [6.07, 6.45) is 74.5. The van der Waals surface area contributed by atoms with E-state index >= 15 is 0 Å². The molecule has 0 amide bonds. The van der Waals surface area contributed by atoms with Crippen molar-refractivity contribution >= 4 is 0 Å². The molecule has 89 heavy (non-hydrogen) atoms. The first-order chi connectivity index (χ1) is 44.1. The smallest absolute Gasteiger partial charge is 0.0662 e. The molecular formula is C83H136N6. The third-order valence-electron chi connectivity index (χ3n) is 34.0. The molecule has 5 aliphatic heterocycles. The number of hydrogen-bond donors (Lipinski definition) is 2. The van der Waals surface area contributed by atoms with Crippen LogP contribution in [0.3, 0.4) is 0 Å². The predicted octanol–water partition coefficient (Wildman–Crippen LogP) is 19.1. The van der Waals surface area contributed by atoms with Crippen LogP contribution in [0.25, 0.3) is 0 Å². The van der Waals surface area contributed by atoms with Gasteiger partial charge in [-0.3, -0.25) is 14.7 Å². The molecule has 0 aromatic carbocycles. The quantitative estimate of drug-likeness (QED) is 0.227. The van der Waals surface area contributed by atoms with Gasteiger partial charge in [0, 0.05) is 66.5 Å². The molecule has 0 aromatic rings. The number of piperidine rings is 2. The Hall–Kier alpha value is -0.710. The Labute approximate surface area is 546 Å². The summed E-state index contributed by atoms with van der Waals surface area (Å²) in [6, 6.07) is 13.0. The molecule has 17 rings (SSSR count). The van der Waals surface area contributed by atoms with E-state index in [1.54, 1.807) is 12.8 Å². The van der Waals surface area contributed by atoms with Crippen molar-refractivity contribution in [3.63, 3.8) is 0 Å². The van der Waals surface area contributed by atoms with Crippen LogP contribution in [0.4, 0.5) is 0 Å². The zero-order chi connectivity index (χ0) is 58.9. The minimum absolute atomic E-state index is 0.265. The molecule has 20 unspecified atom stereocenters. The first kappa shape index (κ1) is 61.9. The Bertz CT molecular complexity index is 2210. The molecule has 0 radical (unpaired) electrons. The first-order valence-corrected chi connectivity index (χ1v) is 42.3. The summed E-state index contributed by atoms with van der Waals surface area (Å²) in [6.45, 7) is 2.46. The molecule has 0 bridgehead atoms. The monoisotopic (exact) mass is 1220 g/mol. The fraction of sp³-hybridized carbons (Fsp3) is 0.988. The maximum atomic E-state index is 13.0. The molecule has 12 saturated carbocycles. The van der Waals surface area contributed by atoms with Crippen molar-refractivity contribution in [2.24, 2.45) is 112 Å². The highest BCUT2D eigenvalue weighted by Crippen LogP contribution is 2.66. The molecule has 17 aliphatic rings. The molecule has 5 heterocycles. The van der Waals surface area contributed by atoms with Gasteiger partial charge in [0.2, 0.25) is 0 Å². The minimum Gasteiger partial charge on any atom is -0.317 e. The third-order valence-corrected chi connectivity index (χ3v) is 34.0. The molecule has 5 saturated heterocycles. The van der Waals surface area contributed by atoms with Crippen LogP contribution in [0.2, 0.25) is 0 Å². The fourth-order valence-corrected chi connectivity index (χ4v) is 31.0. The highest BCUT2D eigenvalue weighted by molar-refractivity contribution is 5.16. The van der Waals surface area contributed by atoms with Crippen molar-refractivity contribution in [1.82, 2.24) is 25.3 Å². The number of likely N-dealkylation sites (tertiary alicyclic amines) is 3. The molecule has 6 heteroatoms. The molecule has 2 N–H and O–H groups in total. The van der Waals surface area contributed by atoms with Gasteiger partial charge in [-0.25, -0.2) is 0 Å². The molecule has 0 aromatic heterocycles. The van der Waals surface area contributed by atoms with Gasteiger partial charge in [0.1, 0.15) is 0 Å². The number of nitrogens with zero attached hydrogens (tertiary/aromatic N) is 4. The molecule has 0 spiro atoms. The summed E-state index contributed by atoms with van der Waals surface area (Å²) in [4.78, 5) is 10.1. The normalized spacial score (nSPS) is 51.0. The van der Waals surface area contributed by atoms with E-state index in [-0.39, 0.29) is 5.92 Å². The first-order valence-electron chi connectivity index (χ1n) is 42.3. The van der Waals surface area contributed by atoms with Crippen LogP contribution in [0.1, 0.15) is 321 Å². The standard InChI is InChI=1S/C83H136N6/c84-53-70-79(56-35-41-61(42-36-56)87-73-29-13-7-23-64(73)65-24-8-14-30-74(65)87)81(58-39-45-63(46-40-58)89-77-33-17-11-27-68(77)69-28-12-18-34-78(69)89)83(60-51-71(54-19-3-1-4-20-54)86-72(52-60)55-21-5-2-6-22-55)82(59-47-49-85-50-48-59)80(70)57-37-43-62(44-38-57)88-75-31-15-9-25-66(75)67-26-10-16-32-76(67)88/h54-83,85-86H,1-52H2. The Morgan fingerprint density at radius 3 is 0.831 bits per heavy atom. The Kier molecular flexibility index (Phi) is 19.2. The van der Waals surface area contributed by atoms with E-state index in [0.717, 1.165) is 161 Å². The van der Waals surface area contributed by atoms with Crippen molar-refractivity contribution in [3.8, 4) is 6.07 Å². The van der Waals surface area contributed by atoms with Crippen LogP contribution >= 0.6 is 0 Å². The zero-order valence-electron chi connectivity index (χ0n) is 57.4. The highest BCUT2D eigenvalue weighted by Gasteiger charge is 2.63. The third kappa shape index (κ3) is 11.7. The van der Waals surface area contributed by atoms with Gasteiger partial charge in [-0.15, -0.1) is 0 Å². The topological polar surface area (TPSA) is 57.6 Å². The number of nitrogens with one attached hydrogen (secondary N) is 2. The fourth-order valence-electron chi connectivity index (χ4n) is 31.0. The molecular weight excluding hydrogens is 1080 g/mol. The maximum Gasteiger partial charge on any atom is 0.0662 e. The molecule has 6 nitrogen and oxygen atoms in total. The lowest BCUT2D eigenvalue weighted by atomic mass is 9.42. The average Bonchev–Trinajstić information content (AvgIpc) is 1.73. The lowest BCUT2D eigenvalue weighted by Gasteiger charge is -2.63. The van der Waals surface area contributed by atoms with E-state index in [2.05, 4.69) is 26.1 Å². The second-order valence-corrected chi connectivity index (χ2v) is 37.2. The lowest BCUT2D eigenvalue weighted by Crippen LogP contribution is -2.61. The van der Waals surface area contributed by atoms with Crippen molar-refractivity contribution < 1.29 is 0 Å². The van der Waals surface area contributed by atoms with E-state index in [1.165, 1.54) is 321 Å². The number of nitriles is 1. The lowest BCUT2D eigenvalue weighted by molar-refractivity contribution is -0.143. The Morgan fingerprint density at radius 1 is 0.247 bits per heavy atom. The van der Waals surface area contributed by atoms with E-state index < -0.39 is 0 Å². The van der Waals surface area contributed by atoms with Crippen LogP contribution < -0.4 is 10.6 Å². The zero-order valence-corrected chi connectivity index (χ0v) is 57.4. The van der Waals surface area contributed by atoms with E-state index in [1.807, 2.05) is 0 Å². The summed E-state index contributed by atoms with van der Waals surface area (Å²) >= 11 is 0. The summed E-state index contributed by atoms with van der Waals surface area (Å²) < 4.78 is 0. The summed E-state index contributed by atoms with van der Waals surface area (Å²) in [7, 11) is 0. The van der Waals surface area contributed by atoms with Gasteiger partial charge in [-0.05, 0) is 325 Å². The van der Waals surface area contributed by atoms with Crippen LogP contribution in [0, 0.1) is 124 Å². The van der Waals surface area contributed by atoms with Crippen LogP contribution in [0.15, 0.2) is 0 Å². The SMILES string of the molecule is N#CC1C(C2CCC(N3C4CCCCC4C4CCCCC43)CC2)C(C2CCNCC2)C(C2CC(C3CCCCC3)NC(C3CCCCC3)C2)C(C2CCC(N3C4CCCCC4C4CCCCC43)CC2)C1C1CCC(N2C3CCCCC3C3CCCCC32)CC1. The minimum atomic E-state index is 0.265. The van der Waals surface area contributed by atoms with Gasteiger partial charge in [0.05, 0.1) is 12.0 Å². The number of hydrogen-bond acceptors (Lipinski definition) is 6. The summed E-state index contributed by atoms with van der Waals surface area (Å²) in [5.74, 6) is 15.6. The predicted molar refractivity (Wildman–Crippen MR) is 366 cm³/mol. The van der Waals surface area contributed by atoms with Crippen molar-refractivity contribution in [3.05, 3.63) is 0 Å². The molecule has 17 fully saturated rings. The number of rotatable bonds is 10. The van der Waals surface area contributed by atoms with Crippen LogP contribution in [0.5, 0.6) is 0 Å². The Morgan fingerprint density at radius 2 is 0.517 bits per heavy atom. The maximum absolute atomic E-state index is 13.0. The van der Waals surface area contributed by atoms with Gasteiger partial charge in [-0.1, -0.05) is 116 Å². The van der Waals surface area contributed by atoms with Crippen LogP contribution in [-0.2, 0) is 0 Å². The van der Waals surface area contributed by atoms with E-state index in [4.69, 9.17) is 5.32 Å². The second-order valence-electron chi connectivity index (χ2n) is 37.2. The van der Waals surface area contributed by atoms with Crippen molar-refractivity contribution in [2.45, 2.75) is 388 Å².